The van der Waals surface area contributed by atoms with Gasteiger partial charge in [-0.3, -0.25) is 0 Å². The molecule has 2 N–H and O–H groups in total. The lowest BCUT2D eigenvalue weighted by atomic mass is 10.3. The molecule has 0 aliphatic heterocycles. The fraction of sp³-hybridized carbons (Fsp3) is 0.154. The van der Waals surface area contributed by atoms with E-state index in [2.05, 4.69) is 9.69 Å². The van der Waals surface area contributed by atoms with Gasteiger partial charge >= 0.3 is 0 Å². The van der Waals surface area contributed by atoms with Crippen LogP contribution in [0.2, 0.25) is 0 Å². The Kier molecular flexibility index (Phi) is 3.27. The minimum Gasteiger partial charge on any atom is -0.504 e. The molecule has 19 heavy (non-hydrogen) atoms. The second-order valence-corrected chi connectivity index (χ2v) is 5.76. The number of nitrogens with one attached hydrogen (secondary N) is 1. The highest BCUT2D eigenvalue weighted by Gasteiger charge is 2.16. The van der Waals surface area contributed by atoms with E-state index >= 15 is 0 Å². The average Bonchev–Trinajstić information content (AvgIpc) is 3.09. The molecule has 0 aliphatic rings. The highest BCUT2D eigenvalue weighted by molar-refractivity contribution is 7.25. The molecule has 98 valence electrons. The summed E-state index contributed by atoms with van der Waals surface area (Å²) < 4.78 is 10.6. The van der Waals surface area contributed by atoms with Crippen LogP contribution in [0.1, 0.15) is 17.6 Å². The van der Waals surface area contributed by atoms with E-state index in [0.29, 0.717) is 12.1 Å². The van der Waals surface area contributed by atoms with E-state index in [0.717, 1.165) is 20.3 Å². The smallest absolute Gasteiger partial charge is 0.161 e. The molecule has 4 nitrogen and oxygen atoms in total. The lowest BCUT2D eigenvalue weighted by molar-refractivity contribution is 0.481. The first kappa shape index (κ1) is 12.3. The predicted molar refractivity (Wildman–Crippen MR) is 79.9 cm³/mol. The number of thiophene rings is 1. The third-order valence-corrected chi connectivity index (χ3v) is 4.73. The normalized spacial score (nSPS) is 11.6. The van der Waals surface area contributed by atoms with Gasteiger partial charge in [-0.05, 0) is 36.7 Å². The fourth-order valence-corrected chi connectivity index (χ4v) is 3.75. The van der Waals surface area contributed by atoms with Crippen LogP contribution >= 0.6 is 22.9 Å². The zero-order valence-electron chi connectivity index (χ0n) is 10.2. The molecule has 6 heteroatoms. The zero-order valence-corrected chi connectivity index (χ0v) is 11.8. The van der Waals surface area contributed by atoms with Crippen LogP contribution in [0.15, 0.2) is 28.9 Å². The van der Waals surface area contributed by atoms with Gasteiger partial charge in [-0.25, -0.2) is 0 Å². The molecule has 0 atom stereocenters. The van der Waals surface area contributed by atoms with Crippen molar-refractivity contribution in [1.82, 2.24) is 4.37 Å². The number of aromatic hydroxyl groups is 1. The summed E-state index contributed by atoms with van der Waals surface area (Å²) in [6.45, 7) is 2.54. The summed E-state index contributed by atoms with van der Waals surface area (Å²) in [7, 11) is 0. The molecule has 0 saturated heterocycles. The molecule has 3 aromatic rings. The molecule has 0 radical (unpaired) electrons. The SMILES string of the molecule is C/C=C\c1sc2c(NCc3ccco3)snc2c1O. The summed E-state index contributed by atoms with van der Waals surface area (Å²) in [6, 6.07) is 3.78. The van der Waals surface area contributed by atoms with Gasteiger partial charge in [-0.15, -0.1) is 11.3 Å². The van der Waals surface area contributed by atoms with Gasteiger partial charge in [0.1, 0.15) is 16.3 Å². The minimum atomic E-state index is 0.264. The third-order valence-electron chi connectivity index (χ3n) is 2.64. The van der Waals surface area contributed by atoms with E-state index < -0.39 is 0 Å². The Bertz CT molecular complexity index is 710. The number of rotatable bonds is 4. The highest BCUT2D eigenvalue weighted by atomic mass is 32.1. The standard InChI is InChI=1S/C13H12N2O2S2/c1-2-4-9-11(16)10-12(18-9)13(19-15-10)14-7-8-5-3-6-17-8/h2-6,14,16H,7H2,1H3/b4-2-. The van der Waals surface area contributed by atoms with Crippen molar-refractivity contribution in [1.29, 1.82) is 0 Å². The summed E-state index contributed by atoms with van der Waals surface area (Å²) in [5.74, 6) is 1.14. The van der Waals surface area contributed by atoms with Crippen LogP contribution in [0, 0.1) is 0 Å². The number of hydrogen-bond donors (Lipinski definition) is 2. The van der Waals surface area contributed by atoms with E-state index in [1.807, 2.05) is 31.2 Å². The molecule has 3 heterocycles. The number of nitrogens with zero attached hydrogens (tertiary/aromatic N) is 1. The van der Waals surface area contributed by atoms with Gasteiger partial charge in [-0.1, -0.05) is 6.08 Å². The van der Waals surface area contributed by atoms with E-state index in [1.165, 1.54) is 22.9 Å². The molecule has 0 unspecified atom stereocenters. The van der Waals surface area contributed by atoms with Crippen LogP contribution in [-0.2, 0) is 6.54 Å². The lowest BCUT2D eigenvalue weighted by Gasteiger charge is -1.99. The maximum atomic E-state index is 10.0. The van der Waals surface area contributed by atoms with Crippen molar-refractivity contribution in [3.8, 4) is 5.75 Å². The highest BCUT2D eigenvalue weighted by Crippen LogP contribution is 2.43. The van der Waals surface area contributed by atoms with E-state index in [1.54, 1.807) is 6.26 Å². The number of allylic oxidation sites excluding steroid dienone is 1. The minimum absolute atomic E-state index is 0.264. The molecular formula is C13H12N2O2S2. The van der Waals surface area contributed by atoms with Crippen LogP contribution in [0.4, 0.5) is 5.00 Å². The van der Waals surface area contributed by atoms with Gasteiger partial charge in [0.15, 0.2) is 5.75 Å². The first-order valence-electron chi connectivity index (χ1n) is 5.79. The Morgan fingerprint density at radius 2 is 2.42 bits per heavy atom. The lowest BCUT2D eigenvalue weighted by Crippen LogP contribution is -1.95. The van der Waals surface area contributed by atoms with Crippen LogP contribution in [0.5, 0.6) is 5.75 Å². The molecular weight excluding hydrogens is 280 g/mol. The second kappa shape index (κ2) is 5.07. The van der Waals surface area contributed by atoms with Crippen LogP contribution < -0.4 is 5.32 Å². The van der Waals surface area contributed by atoms with Crippen LogP contribution in [-0.4, -0.2) is 9.48 Å². The van der Waals surface area contributed by atoms with Gasteiger partial charge in [0.25, 0.3) is 0 Å². The quantitative estimate of drug-likeness (QED) is 0.752. The maximum absolute atomic E-state index is 10.0. The van der Waals surface area contributed by atoms with Gasteiger partial charge < -0.3 is 14.8 Å². The summed E-state index contributed by atoms with van der Waals surface area (Å²) in [5, 5.41) is 14.3. The molecule has 0 aromatic carbocycles. The molecule has 0 fully saturated rings. The first-order valence-corrected chi connectivity index (χ1v) is 7.38. The topological polar surface area (TPSA) is 58.3 Å². The van der Waals surface area contributed by atoms with Crippen molar-refractivity contribution < 1.29 is 9.52 Å². The van der Waals surface area contributed by atoms with E-state index in [-0.39, 0.29) is 5.75 Å². The number of fused-ring (bicyclic) bond motifs is 1. The van der Waals surface area contributed by atoms with Gasteiger partial charge in [0.05, 0.1) is 22.4 Å². The number of hydrogen-bond acceptors (Lipinski definition) is 6. The number of furan rings is 1. The summed E-state index contributed by atoms with van der Waals surface area (Å²) in [5.41, 5.74) is 0.671. The zero-order chi connectivity index (χ0) is 13.2. The van der Waals surface area contributed by atoms with E-state index in [9.17, 15) is 5.11 Å². The first-order chi connectivity index (χ1) is 9.29. The molecule has 3 aromatic heterocycles. The Hall–Kier alpha value is -1.79. The Labute approximate surface area is 118 Å². The van der Waals surface area contributed by atoms with Crippen molar-refractivity contribution in [2.24, 2.45) is 0 Å². The molecule has 0 saturated carbocycles. The molecule has 3 rings (SSSR count). The Balaban J connectivity index is 1.89. The van der Waals surface area contributed by atoms with Gasteiger partial charge in [0, 0.05) is 0 Å². The van der Waals surface area contributed by atoms with Gasteiger partial charge in [0.2, 0.25) is 0 Å². The summed E-state index contributed by atoms with van der Waals surface area (Å²) >= 11 is 2.89. The fourth-order valence-electron chi connectivity index (χ4n) is 1.76. The molecule has 0 aliphatic carbocycles. The monoisotopic (exact) mass is 292 g/mol. The van der Waals surface area contributed by atoms with Gasteiger partial charge in [-0.2, -0.15) is 4.37 Å². The summed E-state index contributed by atoms with van der Waals surface area (Å²) in [4.78, 5) is 0.842. The number of anilines is 1. The third kappa shape index (κ3) is 2.24. The van der Waals surface area contributed by atoms with Crippen LogP contribution in [0.3, 0.4) is 0 Å². The van der Waals surface area contributed by atoms with E-state index in [4.69, 9.17) is 4.42 Å². The van der Waals surface area contributed by atoms with Crippen molar-refractivity contribution in [2.75, 3.05) is 5.32 Å². The van der Waals surface area contributed by atoms with Crippen LogP contribution in [0.25, 0.3) is 16.3 Å². The average molecular weight is 292 g/mol. The Morgan fingerprint density at radius 1 is 1.53 bits per heavy atom. The Morgan fingerprint density at radius 3 is 3.16 bits per heavy atom. The molecule has 0 spiro atoms. The molecule has 0 amide bonds. The van der Waals surface area contributed by atoms with Crippen molar-refractivity contribution in [3.63, 3.8) is 0 Å². The van der Waals surface area contributed by atoms with Crippen molar-refractivity contribution in [2.45, 2.75) is 13.5 Å². The summed E-state index contributed by atoms with van der Waals surface area (Å²) in [6.07, 6.45) is 5.45. The maximum Gasteiger partial charge on any atom is 0.161 e. The largest absolute Gasteiger partial charge is 0.504 e. The predicted octanol–water partition coefficient (Wildman–Crippen LogP) is 4.30. The van der Waals surface area contributed by atoms with Crippen molar-refractivity contribution >= 4 is 44.2 Å². The number of aromatic nitrogens is 1. The van der Waals surface area contributed by atoms with Crippen molar-refractivity contribution in [3.05, 3.63) is 35.1 Å². The molecule has 0 bridgehead atoms. The second-order valence-electron chi connectivity index (χ2n) is 3.94.